The first-order chi connectivity index (χ1) is 9.69. The van der Waals surface area contributed by atoms with Gasteiger partial charge in [-0.1, -0.05) is 36.7 Å². The zero-order valence-electron chi connectivity index (χ0n) is 11.3. The second-order valence-electron chi connectivity index (χ2n) is 4.45. The summed E-state index contributed by atoms with van der Waals surface area (Å²) >= 11 is 7.74. The molecule has 0 radical (unpaired) electrons. The molecule has 0 aliphatic rings. The van der Waals surface area contributed by atoms with Gasteiger partial charge in [-0.3, -0.25) is 0 Å². The van der Waals surface area contributed by atoms with Gasteiger partial charge in [-0.15, -0.1) is 11.8 Å². The Morgan fingerprint density at radius 2 is 2.05 bits per heavy atom. The van der Waals surface area contributed by atoms with Crippen LogP contribution in [0.1, 0.15) is 18.1 Å². The van der Waals surface area contributed by atoms with Crippen molar-refractivity contribution >= 4 is 23.4 Å². The molecule has 0 atom stereocenters. The molecule has 1 N–H and O–H groups in total. The number of nitrogens with one attached hydrogen (secondary N) is 1. The van der Waals surface area contributed by atoms with Crippen LogP contribution in [0.15, 0.2) is 47.4 Å². The summed E-state index contributed by atoms with van der Waals surface area (Å²) in [6.07, 6.45) is 0. The first kappa shape index (κ1) is 15.4. The van der Waals surface area contributed by atoms with Crippen molar-refractivity contribution in [3.8, 4) is 0 Å². The lowest BCUT2D eigenvalue weighted by atomic mass is 10.2. The molecule has 0 saturated carbocycles. The van der Waals surface area contributed by atoms with Crippen LogP contribution >= 0.6 is 23.4 Å². The van der Waals surface area contributed by atoms with E-state index in [1.807, 2.05) is 0 Å². The van der Waals surface area contributed by atoms with Gasteiger partial charge in [-0.2, -0.15) is 0 Å². The Labute approximate surface area is 128 Å². The third-order valence-electron chi connectivity index (χ3n) is 2.89. The Hall–Kier alpha value is -1.03. The quantitative estimate of drug-likeness (QED) is 0.763. The number of hydrogen-bond donors (Lipinski definition) is 1. The van der Waals surface area contributed by atoms with Crippen molar-refractivity contribution in [1.29, 1.82) is 0 Å². The van der Waals surface area contributed by atoms with Crippen LogP contribution in [-0.4, -0.2) is 6.54 Å². The maximum Gasteiger partial charge on any atom is 0.124 e. The molecule has 0 saturated heterocycles. The topological polar surface area (TPSA) is 12.0 Å². The Bertz CT molecular complexity index is 574. The number of hydrogen-bond acceptors (Lipinski definition) is 2. The SMILES string of the molecule is CCNCc1cccc(SCc2ccc(F)cc2Cl)c1. The van der Waals surface area contributed by atoms with Gasteiger partial charge in [0.15, 0.2) is 0 Å². The van der Waals surface area contributed by atoms with Crippen molar-refractivity contribution < 1.29 is 4.39 Å². The molecule has 0 fully saturated rings. The van der Waals surface area contributed by atoms with Crippen LogP contribution in [0.3, 0.4) is 0 Å². The molecular weight excluding hydrogens is 293 g/mol. The molecule has 20 heavy (non-hydrogen) atoms. The van der Waals surface area contributed by atoms with Crippen LogP contribution in [0.2, 0.25) is 5.02 Å². The highest BCUT2D eigenvalue weighted by Crippen LogP contribution is 2.27. The first-order valence-corrected chi connectivity index (χ1v) is 7.92. The molecule has 0 amide bonds. The standard InChI is InChI=1S/C16H17ClFNS/c1-2-19-10-12-4-3-5-15(8-12)20-11-13-6-7-14(18)9-16(13)17/h3-9,19H,2,10-11H2,1H3. The van der Waals surface area contributed by atoms with Gasteiger partial charge in [0.1, 0.15) is 5.82 Å². The molecule has 106 valence electrons. The van der Waals surface area contributed by atoms with Crippen molar-refractivity contribution in [1.82, 2.24) is 5.32 Å². The summed E-state index contributed by atoms with van der Waals surface area (Å²) in [5.74, 6) is 0.445. The molecule has 0 unspecified atom stereocenters. The molecule has 2 aromatic carbocycles. The third-order valence-corrected chi connectivity index (χ3v) is 4.28. The molecule has 4 heteroatoms. The largest absolute Gasteiger partial charge is 0.313 e. The smallest absolute Gasteiger partial charge is 0.124 e. The van der Waals surface area contributed by atoms with Gasteiger partial charge in [0, 0.05) is 22.2 Å². The third kappa shape index (κ3) is 4.51. The minimum absolute atomic E-state index is 0.295. The molecule has 0 bridgehead atoms. The average molecular weight is 310 g/mol. The molecule has 1 nitrogen and oxygen atoms in total. The zero-order chi connectivity index (χ0) is 14.4. The minimum Gasteiger partial charge on any atom is -0.313 e. The molecule has 0 aliphatic heterocycles. The monoisotopic (exact) mass is 309 g/mol. The van der Waals surface area contributed by atoms with E-state index in [1.54, 1.807) is 17.8 Å². The van der Waals surface area contributed by atoms with Crippen molar-refractivity contribution in [3.63, 3.8) is 0 Å². The summed E-state index contributed by atoms with van der Waals surface area (Å²) < 4.78 is 13.0. The van der Waals surface area contributed by atoms with Crippen LogP contribution in [0.5, 0.6) is 0 Å². The van der Waals surface area contributed by atoms with Gasteiger partial charge < -0.3 is 5.32 Å². The number of thioether (sulfide) groups is 1. The summed E-state index contributed by atoms with van der Waals surface area (Å²) in [5, 5.41) is 3.80. The van der Waals surface area contributed by atoms with Gasteiger partial charge in [0.25, 0.3) is 0 Å². The Morgan fingerprint density at radius 1 is 1.20 bits per heavy atom. The molecular formula is C16H17ClFNS. The highest BCUT2D eigenvalue weighted by molar-refractivity contribution is 7.98. The highest BCUT2D eigenvalue weighted by atomic mass is 35.5. The van der Waals surface area contributed by atoms with Crippen molar-refractivity contribution in [3.05, 3.63) is 64.4 Å². The van der Waals surface area contributed by atoms with E-state index in [2.05, 4.69) is 36.5 Å². The molecule has 0 spiro atoms. The lowest BCUT2D eigenvalue weighted by molar-refractivity contribution is 0.627. The van der Waals surface area contributed by atoms with Gasteiger partial charge in [-0.05, 0) is 41.9 Å². The normalized spacial score (nSPS) is 10.8. The van der Waals surface area contributed by atoms with E-state index in [0.29, 0.717) is 5.02 Å². The van der Waals surface area contributed by atoms with E-state index in [1.165, 1.54) is 22.6 Å². The summed E-state index contributed by atoms with van der Waals surface area (Å²) in [6, 6.07) is 13.0. The fraction of sp³-hybridized carbons (Fsp3) is 0.250. The van der Waals surface area contributed by atoms with E-state index >= 15 is 0 Å². The van der Waals surface area contributed by atoms with Gasteiger partial charge in [0.2, 0.25) is 0 Å². The van der Waals surface area contributed by atoms with Crippen molar-refractivity contribution in [2.24, 2.45) is 0 Å². The molecule has 0 heterocycles. The Balaban J connectivity index is 1.99. The zero-order valence-corrected chi connectivity index (χ0v) is 12.9. The second-order valence-corrected chi connectivity index (χ2v) is 5.91. The van der Waals surface area contributed by atoms with Crippen molar-refractivity contribution in [2.75, 3.05) is 6.54 Å². The van der Waals surface area contributed by atoms with Crippen LogP contribution in [0.25, 0.3) is 0 Å². The number of rotatable bonds is 6. The summed E-state index contributed by atoms with van der Waals surface area (Å²) in [5.41, 5.74) is 2.22. The first-order valence-electron chi connectivity index (χ1n) is 6.55. The maximum atomic E-state index is 13.0. The number of benzene rings is 2. The Morgan fingerprint density at radius 3 is 2.80 bits per heavy atom. The van der Waals surface area contributed by atoms with E-state index in [-0.39, 0.29) is 5.82 Å². The van der Waals surface area contributed by atoms with E-state index in [9.17, 15) is 4.39 Å². The Kier molecular flexibility index (Phi) is 5.89. The van der Waals surface area contributed by atoms with Gasteiger partial charge in [0.05, 0.1) is 0 Å². The second kappa shape index (κ2) is 7.67. The fourth-order valence-electron chi connectivity index (χ4n) is 1.81. The summed E-state index contributed by atoms with van der Waals surface area (Å²) in [7, 11) is 0. The highest BCUT2D eigenvalue weighted by Gasteiger charge is 2.03. The van der Waals surface area contributed by atoms with E-state index in [4.69, 9.17) is 11.6 Å². The van der Waals surface area contributed by atoms with E-state index < -0.39 is 0 Å². The van der Waals surface area contributed by atoms with Crippen LogP contribution < -0.4 is 5.32 Å². The fourth-order valence-corrected chi connectivity index (χ4v) is 3.11. The van der Waals surface area contributed by atoms with Crippen LogP contribution in [0, 0.1) is 5.82 Å². The number of halogens is 2. The lowest BCUT2D eigenvalue weighted by Crippen LogP contribution is -2.11. The average Bonchev–Trinajstić information content (AvgIpc) is 2.45. The van der Waals surface area contributed by atoms with Crippen LogP contribution in [0.4, 0.5) is 4.39 Å². The summed E-state index contributed by atoms with van der Waals surface area (Å²) in [6.45, 7) is 3.93. The maximum absolute atomic E-state index is 13.0. The lowest BCUT2D eigenvalue weighted by Gasteiger charge is -2.07. The predicted octanol–water partition coefficient (Wildman–Crippen LogP) is 4.88. The molecule has 2 rings (SSSR count). The molecule has 0 aromatic heterocycles. The summed E-state index contributed by atoms with van der Waals surface area (Å²) in [4.78, 5) is 1.20. The predicted molar refractivity (Wildman–Crippen MR) is 84.8 cm³/mol. The van der Waals surface area contributed by atoms with Gasteiger partial charge in [-0.25, -0.2) is 4.39 Å². The minimum atomic E-state index is -0.295. The van der Waals surface area contributed by atoms with Crippen molar-refractivity contribution in [2.45, 2.75) is 24.1 Å². The molecule has 2 aromatic rings. The van der Waals surface area contributed by atoms with Crippen LogP contribution in [-0.2, 0) is 12.3 Å². The molecule has 0 aliphatic carbocycles. The van der Waals surface area contributed by atoms with E-state index in [0.717, 1.165) is 24.4 Å². The van der Waals surface area contributed by atoms with Gasteiger partial charge >= 0.3 is 0 Å².